The van der Waals surface area contributed by atoms with E-state index in [2.05, 4.69) is 5.32 Å². The second-order valence-electron chi connectivity index (χ2n) is 5.77. The summed E-state index contributed by atoms with van der Waals surface area (Å²) in [4.78, 5) is 13.2. The summed E-state index contributed by atoms with van der Waals surface area (Å²) in [7, 11) is 0. The lowest BCUT2D eigenvalue weighted by atomic mass is 9.89. The molecule has 1 atom stereocenters. The zero-order valence-electron chi connectivity index (χ0n) is 13.6. The van der Waals surface area contributed by atoms with Gasteiger partial charge in [0, 0.05) is 4.90 Å². The summed E-state index contributed by atoms with van der Waals surface area (Å²) in [5.41, 5.74) is 2.74. The normalized spacial score (nSPS) is 16.3. The van der Waals surface area contributed by atoms with E-state index in [1.54, 1.807) is 11.8 Å². The smallest absolute Gasteiger partial charge is 0.262 e. The third-order valence-corrected chi connectivity index (χ3v) is 4.97. The zero-order chi connectivity index (χ0) is 16.9. The van der Waals surface area contributed by atoms with Crippen LogP contribution in [0.15, 0.2) is 47.4 Å². The largest absolute Gasteiger partial charge is 0.483 e. The number of aliphatic hydroxyl groups is 1. The molecule has 3 rings (SSSR count). The second kappa shape index (κ2) is 7.73. The number of nitrogens with one attached hydrogen (secondary N) is 1. The number of para-hydroxylation sites is 1. The average Bonchev–Trinajstić information content (AvgIpc) is 2.61. The number of ether oxygens (including phenoxy) is 1. The Bertz CT molecular complexity index is 732. The fourth-order valence-electron chi connectivity index (χ4n) is 3.00. The molecule has 0 bridgehead atoms. The van der Waals surface area contributed by atoms with Crippen LogP contribution in [0, 0.1) is 0 Å². The van der Waals surface area contributed by atoms with Crippen molar-refractivity contribution in [2.75, 3.05) is 18.2 Å². The molecular formula is C19H21NO3S. The number of hydrogen-bond acceptors (Lipinski definition) is 4. The summed E-state index contributed by atoms with van der Waals surface area (Å²) in [6.07, 6.45) is 4.13. The molecule has 2 aromatic carbocycles. The third-order valence-electron chi connectivity index (χ3n) is 4.17. The average molecular weight is 343 g/mol. The number of fused-ring (bicyclic) bond motifs is 1. The highest BCUT2D eigenvalue weighted by atomic mass is 32.2. The van der Waals surface area contributed by atoms with E-state index in [0.29, 0.717) is 5.75 Å². The molecule has 2 N–H and O–H groups in total. The van der Waals surface area contributed by atoms with Gasteiger partial charge in [-0.05, 0) is 54.8 Å². The van der Waals surface area contributed by atoms with Crippen molar-refractivity contribution in [2.24, 2.45) is 0 Å². The number of carbonyl (C=O) groups excluding carboxylic acids is 1. The first kappa shape index (κ1) is 16.9. The molecule has 1 aliphatic rings. The van der Waals surface area contributed by atoms with Crippen LogP contribution in [0.3, 0.4) is 0 Å². The molecule has 0 saturated heterocycles. The lowest BCUT2D eigenvalue weighted by molar-refractivity contribution is -0.118. The van der Waals surface area contributed by atoms with Crippen molar-refractivity contribution in [1.82, 2.24) is 0 Å². The van der Waals surface area contributed by atoms with Gasteiger partial charge in [-0.2, -0.15) is 0 Å². The Morgan fingerprint density at radius 1 is 1.29 bits per heavy atom. The molecule has 24 heavy (non-hydrogen) atoms. The van der Waals surface area contributed by atoms with Crippen LogP contribution < -0.4 is 10.1 Å². The lowest BCUT2D eigenvalue weighted by Gasteiger charge is -2.23. The van der Waals surface area contributed by atoms with Gasteiger partial charge in [-0.15, -0.1) is 11.8 Å². The minimum atomic E-state index is -0.431. The van der Waals surface area contributed by atoms with Crippen LogP contribution in [0.5, 0.6) is 5.75 Å². The summed E-state index contributed by atoms with van der Waals surface area (Å²) in [5, 5.41) is 13.0. The molecule has 0 radical (unpaired) electrons. The fourth-order valence-corrected chi connectivity index (χ4v) is 3.56. The van der Waals surface area contributed by atoms with Gasteiger partial charge >= 0.3 is 0 Å². The maximum Gasteiger partial charge on any atom is 0.262 e. The Kier molecular flexibility index (Phi) is 5.43. The molecule has 0 fully saturated rings. The maximum atomic E-state index is 12.2. The topological polar surface area (TPSA) is 58.6 Å². The summed E-state index contributed by atoms with van der Waals surface area (Å²) in [6.45, 7) is -0.0464. The van der Waals surface area contributed by atoms with E-state index in [0.717, 1.165) is 41.0 Å². The van der Waals surface area contributed by atoms with Crippen LogP contribution in [-0.2, 0) is 11.2 Å². The zero-order valence-corrected chi connectivity index (χ0v) is 14.4. The molecule has 0 heterocycles. The van der Waals surface area contributed by atoms with Crippen LogP contribution in [0.25, 0.3) is 0 Å². The number of hydrogen-bond donors (Lipinski definition) is 2. The van der Waals surface area contributed by atoms with Crippen LogP contribution in [0.1, 0.15) is 30.1 Å². The Labute approximate surface area is 146 Å². The number of rotatable bonds is 5. The first-order valence-corrected chi connectivity index (χ1v) is 9.27. The SMILES string of the molecule is CSc1ccccc1NC(=O)COc1cccc2c1CCCC2O. The van der Waals surface area contributed by atoms with E-state index in [1.165, 1.54) is 0 Å². The van der Waals surface area contributed by atoms with E-state index >= 15 is 0 Å². The molecule has 0 aromatic heterocycles. The van der Waals surface area contributed by atoms with Gasteiger partial charge in [-0.3, -0.25) is 4.79 Å². The summed E-state index contributed by atoms with van der Waals surface area (Å²) >= 11 is 1.59. The monoisotopic (exact) mass is 343 g/mol. The van der Waals surface area contributed by atoms with E-state index < -0.39 is 6.10 Å². The minimum absolute atomic E-state index is 0.0464. The molecule has 5 heteroatoms. The Balaban J connectivity index is 1.66. The van der Waals surface area contributed by atoms with Crippen molar-refractivity contribution in [2.45, 2.75) is 30.3 Å². The van der Waals surface area contributed by atoms with Crippen molar-refractivity contribution >= 4 is 23.4 Å². The van der Waals surface area contributed by atoms with Gasteiger partial charge in [0.25, 0.3) is 5.91 Å². The molecule has 1 aliphatic carbocycles. The summed E-state index contributed by atoms with van der Waals surface area (Å²) in [5.74, 6) is 0.505. The predicted molar refractivity (Wildman–Crippen MR) is 96.7 cm³/mol. The van der Waals surface area contributed by atoms with Crippen molar-refractivity contribution in [1.29, 1.82) is 0 Å². The maximum absolute atomic E-state index is 12.2. The quantitative estimate of drug-likeness (QED) is 0.811. The third kappa shape index (κ3) is 3.74. The number of benzene rings is 2. The molecule has 0 spiro atoms. The molecule has 1 amide bonds. The van der Waals surface area contributed by atoms with Crippen molar-refractivity contribution < 1.29 is 14.6 Å². The van der Waals surface area contributed by atoms with E-state index in [4.69, 9.17) is 4.74 Å². The number of aliphatic hydroxyl groups excluding tert-OH is 1. The standard InChI is InChI=1S/C19H21NO3S/c1-24-18-11-3-2-8-15(18)20-19(22)12-23-17-10-5-6-13-14(17)7-4-9-16(13)21/h2-3,5-6,8,10-11,16,21H,4,7,9,12H2,1H3,(H,20,22). The highest BCUT2D eigenvalue weighted by Crippen LogP contribution is 2.35. The Morgan fingerprint density at radius 3 is 2.96 bits per heavy atom. The summed E-state index contributed by atoms with van der Waals surface area (Å²) < 4.78 is 5.73. The lowest BCUT2D eigenvalue weighted by Crippen LogP contribution is -2.21. The molecular weight excluding hydrogens is 322 g/mol. The number of amides is 1. The van der Waals surface area contributed by atoms with Crippen molar-refractivity contribution in [3.63, 3.8) is 0 Å². The Morgan fingerprint density at radius 2 is 2.12 bits per heavy atom. The molecule has 126 valence electrons. The first-order valence-electron chi connectivity index (χ1n) is 8.04. The second-order valence-corrected chi connectivity index (χ2v) is 6.62. The molecule has 2 aromatic rings. The van der Waals surface area contributed by atoms with Gasteiger partial charge in [0.1, 0.15) is 5.75 Å². The highest BCUT2D eigenvalue weighted by molar-refractivity contribution is 7.98. The molecule has 4 nitrogen and oxygen atoms in total. The highest BCUT2D eigenvalue weighted by Gasteiger charge is 2.21. The van der Waals surface area contributed by atoms with Crippen LogP contribution in [0.4, 0.5) is 5.69 Å². The van der Waals surface area contributed by atoms with Gasteiger partial charge in [0.15, 0.2) is 6.61 Å². The van der Waals surface area contributed by atoms with Gasteiger partial charge in [0.05, 0.1) is 11.8 Å². The number of carbonyl (C=O) groups is 1. The molecule has 0 aliphatic heterocycles. The molecule has 0 saturated carbocycles. The number of thioether (sulfide) groups is 1. The predicted octanol–water partition coefficient (Wildman–Crippen LogP) is 3.80. The van der Waals surface area contributed by atoms with Crippen molar-refractivity contribution in [3.05, 3.63) is 53.6 Å². The Hall–Kier alpha value is -1.98. The van der Waals surface area contributed by atoms with E-state index in [-0.39, 0.29) is 12.5 Å². The minimum Gasteiger partial charge on any atom is -0.483 e. The van der Waals surface area contributed by atoms with Crippen molar-refractivity contribution in [3.8, 4) is 5.75 Å². The van der Waals surface area contributed by atoms with Gasteiger partial charge < -0.3 is 15.2 Å². The van der Waals surface area contributed by atoms with Gasteiger partial charge in [-0.25, -0.2) is 0 Å². The van der Waals surface area contributed by atoms with E-state index in [9.17, 15) is 9.90 Å². The van der Waals surface area contributed by atoms with Gasteiger partial charge in [-0.1, -0.05) is 24.3 Å². The van der Waals surface area contributed by atoms with Crippen LogP contribution in [-0.4, -0.2) is 23.9 Å². The van der Waals surface area contributed by atoms with Crippen LogP contribution >= 0.6 is 11.8 Å². The van der Waals surface area contributed by atoms with E-state index in [1.807, 2.05) is 48.7 Å². The fraction of sp³-hybridized carbons (Fsp3) is 0.316. The van der Waals surface area contributed by atoms with Crippen LogP contribution in [0.2, 0.25) is 0 Å². The number of anilines is 1. The molecule has 1 unspecified atom stereocenters. The first-order chi connectivity index (χ1) is 11.7. The van der Waals surface area contributed by atoms with Gasteiger partial charge in [0.2, 0.25) is 0 Å². The summed E-state index contributed by atoms with van der Waals surface area (Å²) in [6, 6.07) is 13.3.